The van der Waals surface area contributed by atoms with E-state index in [0.717, 1.165) is 24.8 Å². The van der Waals surface area contributed by atoms with Crippen molar-refractivity contribution < 1.29 is 0 Å². The minimum absolute atomic E-state index is 0.294. The summed E-state index contributed by atoms with van der Waals surface area (Å²) in [5.41, 5.74) is 9.15. The SMILES string of the molecule is CC1CC(C)CC(N2CC(N)Cc3ccccc32)C1. The Bertz CT molecular complexity index is 433. The van der Waals surface area contributed by atoms with Gasteiger partial charge in [0.15, 0.2) is 0 Å². The first-order chi connectivity index (χ1) is 9.13. The Morgan fingerprint density at radius 2 is 1.74 bits per heavy atom. The van der Waals surface area contributed by atoms with Crippen molar-refractivity contribution in [1.29, 1.82) is 0 Å². The van der Waals surface area contributed by atoms with E-state index in [1.165, 1.54) is 30.5 Å². The summed E-state index contributed by atoms with van der Waals surface area (Å²) >= 11 is 0. The highest BCUT2D eigenvalue weighted by molar-refractivity contribution is 5.57. The molecule has 19 heavy (non-hydrogen) atoms. The van der Waals surface area contributed by atoms with Gasteiger partial charge in [0.1, 0.15) is 0 Å². The zero-order chi connectivity index (χ0) is 13.4. The number of hydrogen-bond acceptors (Lipinski definition) is 2. The van der Waals surface area contributed by atoms with Gasteiger partial charge in [0.05, 0.1) is 0 Å². The van der Waals surface area contributed by atoms with E-state index in [4.69, 9.17) is 5.73 Å². The van der Waals surface area contributed by atoms with Crippen LogP contribution in [0.4, 0.5) is 5.69 Å². The van der Waals surface area contributed by atoms with E-state index in [-0.39, 0.29) is 0 Å². The van der Waals surface area contributed by atoms with Gasteiger partial charge in [-0.1, -0.05) is 32.0 Å². The fraction of sp³-hybridized carbons (Fsp3) is 0.647. The lowest BCUT2D eigenvalue weighted by molar-refractivity contribution is 0.256. The topological polar surface area (TPSA) is 29.3 Å². The largest absolute Gasteiger partial charge is 0.367 e. The lowest BCUT2D eigenvalue weighted by Crippen LogP contribution is -2.50. The van der Waals surface area contributed by atoms with Crippen LogP contribution in [0.5, 0.6) is 0 Å². The van der Waals surface area contributed by atoms with Crippen LogP contribution in [-0.2, 0) is 6.42 Å². The molecule has 0 saturated heterocycles. The van der Waals surface area contributed by atoms with Crippen LogP contribution in [-0.4, -0.2) is 18.6 Å². The molecule has 0 spiro atoms. The zero-order valence-corrected chi connectivity index (χ0v) is 12.2. The highest BCUT2D eigenvalue weighted by Gasteiger charge is 2.32. The molecule has 1 aliphatic heterocycles. The minimum Gasteiger partial charge on any atom is -0.367 e. The van der Waals surface area contributed by atoms with Crippen molar-refractivity contribution in [3.63, 3.8) is 0 Å². The molecule has 1 aromatic carbocycles. The van der Waals surface area contributed by atoms with Crippen LogP contribution in [0.25, 0.3) is 0 Å². The van der Waals surface area contributed by atoms with Crippen molar-refractivity contribution in [2.24, 2.45) is 17.6 Å². The van der Waals surface area contributed by atoms with Crippen LogP contribution >= 0.6 is 0 Å². The van der Waals surface area contributed by atoms with E-state index >= 15 is 0 Å². The smallest absolute Gasteiger partial charge is 0.0402 e. The van der Waals surface area contributed by atoms with E-state index in [1.54, 1.807) is 0 Å². The Balaban J connectivity index is 1.88. The number of fused-ring (bicyclic) bond motifs is 1. The number of rotatable bonds is 1. The Morgan fingerprint density at radius 3 is 2.47 bits per heavy atom. The summed E-state index contributed by atoms with van der Waals surface area (Å²) in [5, 5.41) is 0. The summed E-state index contributed by atoms with van der Waals surface area (Å²) in [6, 6.07) is 9.82. The summed E-state index contributed by atoms with van der Waals surface area (Å²) in [7, 11) is 0. The van der Waals surface area contributed by atoms with Crippen molar-refractivity contribution in [1.82, 2.24) is 0 Å². The van der Waals surface area contributed by atoms with Gasteiger partial charge < -0.3 is 10.6 Å². The molecule has 2 heteroatoms. The normalized spacial score (nSPS) is 35.0. The highest BCUT2D eigenvalue weighted by atomic mass is 15.2. The van der Waals surface area contributed by atoms with E-state index in [1.807, 2.05) is 0 Å². The summed E-state index contributed by atoms with van der Waals surface area (Å²) < 4.78 is 0. The van der Waals surface area contributed by atoms with Crippen molar-refractivity contribution in [3.8, 4) is 0 Å². The molecular weight excluding hydrogens is 232 g/mol. The summed E-state index contributed by atoms with van der Waals surface area (Å²) in [6.45, 7) is 5.83. The molecule has 1 saturated carbocycles. The van der Waals surface area contributed by atoms with Gasteiger partial charge in [-0.25, -0.2) is 0 Å². The van der Waals surface area contributed by atoms with E-state index in [9.17, 15) is 0 Å². The molecule has 0 amide bonds. The third-order valence-electron chi connectivity index (χ3n) is 4.81. The van der Waals surface area contributed by atoms with Gasteiger partial charge in [0.2, 0.25) is 0 Å². The maximum absolute atomic E-state index is 6.27. The van der Waals surface area contributed by atoms with Crippen molar-refractivity contribution in [2.45, 2.75) is 51.6 Å². The standard InChI is InChI=1S/C17H26N2/c1-12-7-13(2)9-16(8-12)19-11-15(18)10-14-5-3-4-6-17(14)19/h3-6,12-13,15-16H,7-11,18H2,1-2H3. The second-order valence-electron chi connectivity index (χ2n) is 6.82. The molecule has 2 nitrogen and oxygen atoms in total. The van der Waals surface area contributed by atoms with Crippen LogP contribution in [0.2, 0.25) is 0 Å². The van der Waals surface area contributed by atoms with Gasteiger partial charge in [-0.2, -0.15) is 0 Å². The molecule has 1 aromatic rings. The fourth-order valence-electron chi connectivity index (χ4n) is 4.17. The average molecular weight is 258 g/mol. The average Bonchev–Trinajstić information content (AvgIpc) is 2.36. The molecule has 3 atom stereocenters. The number of nitrogens with two attached hydrogens (primary N) is 1. The third-order valence-corrected chi connectivity index (χ3v) is 4.81. The Labute approximate surface area is 117 Å². The lowest BCUT2D eigenvalue weighted by atomic mass is 9.79. The number of para-hydroxylation sites is 1. The highest BCUT2D eigenvalue weighted by Crippen LogP contribution is 2.36. The predicted octanol–water partition coefficient (Wildman–Crippen LogP) is 3.20. The summed E-state index contributed by atoms with van der Waals surface area (Å²) in [4.78, 5) is 2.61. The van der Waals surface area contributed by atoms with Crippen molar-refractivity contribution in [2.75, 3.05) is 11.4 Å². The Kier molecular flexibility index (Phi) is 3.53. The molecule has 1 aliphatic carbocycles. The molecule has 1 heterocycles. The molecular formula is C17H26N2. The number of hydrogen-bond donors (Lipinski definition) is 1. The van der Waals surface area contributed by atoms with Crippen LogP contribution in [0, 0.1) is 11.8 Å². The van der Waals surface area contributed by atoms with Gasteiger partial charge in [0.25, 0.3) is 0 Å². The second-order valence-corrected chi connectivity index (χ2v) is 6.82. The maximum atomic E-state index is 6.27. The van der Waals surface area contributed by atoms with Crippen molar-refractivity contribution in [3.05, 3.63) is 29.8 Å². The Hall–Kier alpha value is -1.02. The van der Waals surface area contributed by atoms with E-state index in [2.05, 4.69) is 43.0 Å². The Morgan fingerprint density at radius 1 is 1.05 bits per heavy atom. The van der Waals surface area contributed by atoms with Gasteiger partial charge >= 0.3 is 0 Å². The molecule has 3 rings (SSSR count). The second kappa shape index (κ2) is 5.16. The summed E-state index contributed by atoms with van der Waals surface area (Å²) in [5.74, 6) is 1.69. The molecule has 104 valence electrons. The third kappa shape index (κ3) is 2.64. The first-order valence-corrected chi connectivity index (χ1v) is 7.73. The number of nitrogens with zero attached hydrogens (tertiary/aromatic N) is 1. The van der Waals surface area contributed by atoms with Crippen LogP contribution in [0.1, 0.15) is 38.7 Å². The molecule has 0 radical (unpaired) electrons. The first kappa shape index (κ1) is 13.0. The molecule has 2 N–H and O–H groups in total. The van der Waals surface area contributed by atoms with Crippen LogP contribution in [0.15, 0.2) is 24.3 Å². The predicted molar refractivity (Wildman–Crippen MR) is 81.4 cm³/mol. The van der Waals surface area contributed by atoms with Gasteiger partial charge in [-0.3, -0.25) is 0 Å². The zero-order valence-electron chi connectivity index (χ0n) is 12.2. The number of benzene rings is 1. The molecule has 1 fully saturated rings. The molecule has 0 aromatic heterocycles. The quantitative estimate of drug-likeness (QED) is 0.838. The fourth-order valence-corrected chi connectivity index (χ4v) is 4.17. The van der Waals surface area contributed by atoms with Gasteiger partial charge in [-0.05, 0) is 49.1 Å². The summed E-state index contributed by atoms with van der Waals surface area (Å²) in [6.07, 6.45) is 5.07. The van der Waals surface area contributed by atoms with Crippen LogP contribution < -0.4 is 10.6 Å². The maximum Gasteiger partial charge on any atom is 0.0402 e. The lowest BCUT2D eigenvalue weighted by Gasteiger charge is -2.44. The molecule has 0 bridgehead atoms. The molecule has 2 aliphatic rings. The number of anilines is 1. The van der Waals surface area contributed by atoms with Gasteiger partial charge in [-0.15, -0.1) is 0 Å². The monoisotopic (exact) mass is 258 g/mol. The van der Waals surface area contributed by atoms with Crippen molar-refractivity contribution >= 4 is 5.69 Å². The minimum atomic E-state index is 0.294. The van der Waals surface area contributed by atoms with Gasteiger partial charge in [0, 0.05) is 24.3 Å². The first-order valence-electron chi connectivity index (χ1n) is 7.73. The van der Waals surface area contributed by atoms with E-state index < -0.39 is 0 Å². The van der Waals surface area contributed by atoms with E-state index in [0.29, 0.717) is 12.1 Å². The molecule has 3 unspecified atom stereocenters. The van der Waals surface area contributed by atoms with Crippen LogP contribution in [0.3, 0.4) is 0 Å².